The van der Waals surface area contributed by atoms with Crippen LogP contribution in [0.1, 0.15) is 47.6 Å². The largest absolute Gasteiger partial charge is 0.495 e. The zero-order valence-corrected chi connectivity index (χ0v) is 18.8. The quantitative estimate of drug-likeness (QED) is 0.641. The van der Waals surface area contributed by atoms with Crippen LogP contribution >= 0.6 is 0 Å². The van der Waals surface area contributed by atoms with Crippen LogP contribution in [0.25, 0.3) is 0 Å². The summed E-state index contributed by atoms with van der Waals surface area (Å²) in [4.78, 5) is 12.6. The van der Waals surface area contributed by atoms with E-state index in [9.17, 15) is 13.2 Å². The molecule has 1 aromatic heterocycles. The summed E-state index contributed by atoms with van der Waals surface area (Å²) in [6, 6.07) is 4.30. The fourth-order valence-electron chi connectivity index (χ4n) is 3.88. The van der Waals surface area contributed by atoms with Crippen LogP contribution < -0.4 is 4.74 Å². The lowest BCUT2D eigenvalue weighted by atomic mass is 9.94. The predicted molar refractivity (Wildman–Crippen MR) is 110 cm³/mol. The first-order valence-electron chi connectivity index (χ1n) is 9.90. The normalized spacial score (nSPS) is 20.2. The SMILES string of the molecule is COc1ccc(C(=O)OCc2c(C)noc2C)cc1S(=O)(=O)N1C[C@@H](C)C[C@H](C)C1. The minimum absolute atomic E-state index is 0.00470. The van der Waals surface area contributed by atoms with Crippen LogP contribution in [0.4, 0.5) is 0 Å². The highest BCUT2D eigenvalue weighted by Crippen LogP contribution is 2.32. The van der Waals surface area contributed by atoms with Gasteiger partial charge in [-0.1, -0.05) is 19.0 Å². The van der Waals surface area contributed by atoms with Crippen molar-refractivity contribution < 1.29 is 27.2 Å². The minimum atomic E-state index is -3.82. The molecule has 0 bridgehead atoms. The minimum Gasteiger partial charge on any atom is -0.495 e. The van der Waals surface area contributed by atoms with Gasteiger partial charge in [0.15, 0.2) is 0 Å². The molecular formula is C21H28N2O6S. The Hall–Kier alpha value is -2.39. The van der Waals surface area contributed by atoms with E-state index in [1.165, 1.54) is 29.6 Å². The Morgan fingerprint density at radius 3 is 2.47 bits per heavy atom. The van der Waals surface area contributed by atoms with Crippen molar-refractivity contribution in [3.63, 3.8) is 0 Å². The average Bonchev–Trinajstić information content (AvgIpc) is 3.02. The lowest BCUT2D eigenvalue weighted by Crippen LogP contribution is -2.42. The van der Waals surface area contributed by atoms with Crippen molar-refractivity contribution in [3.8, 4) is 5.75 Å². The van der Waals surface area contributed by atoms with Crippen LogP contribution in [0.2, 0.25) is 0 Å². The maximum absolute atomic E-state index is 13.3. The number of aryl methyl sites for hydroxylation is 2. The summed E-state index contributed by atoms with van der Waals surface area (Å²) in [5.74, 6) is 0.666. The first-order valence-corrected chi connectivity index (χ1v) is 11.3. The molecule has 0 saturated carbocycles. The number of methoxy groups -OCH3 is 1. The number of ether oxygens (including phenoxy) is 2. The van der Waals surface area contributed by atoms with E-state index >= 15 is 0 Å². The van der Waals surface area contributed by atoms with Gasteiger partial charge in [-0.15, -0.1) is 0 Å². The van der Waals surface area contributed by atoms with E-state index in [4.69, 9.17) is 14.0 Å². The van der Waals surface area contributed by atoms with Crippen molar-refractivity contribution in [3.05, 3.63) is 40.8 Å². The Bertz CT molecular complexity index is 1000. The molecule has 0 aliphatic carbocycles. The fourth-order valence-corrected chi connectivity index (χ4v) is 5.74. The molecule has 8 nitrogen and oxygen atoms in total. The van der Waals surface area contributed by atoms with Crippen molar-refractivity contribution in [2.24, 2.45) is 11.8 Å². The third kappa shape index (κ3) is 4.52. The number of piperidine rings is 1. The smallest absolute Gasteiger partial charge is 0.338 e. The lowest BCUT2D eigenvalue weighted by Gasteiger charge is -2.34. The molecule has 3 rings (SSSR count). The molecule has 0 N–H and O–H groups in total. The molecule has 1 saturated heterocycles. The number of nitrogens with zero attached hydrogens (tertiary/aromatic N) is 2. The number of hydrogen-bond donors (Lipinski definition) is 0. The van der Waals surface area contributed by atoms with Gasteiger partial charge in [0.25, 0.3) is 0 Å². The van der Waals surface area contributed by atoms with Gasteiger partial charge in [0, 0.05) is 13.1 Å². The molecule has 9 heteroatoms. The van der Waals surface area contributed by atoms with E-state index in [0.29, 0.717) is 30.1 Å². The van der Waals surface area contributed by atoms with E-state index in [1.54, 1.807) is 13.8 Å². The fraction of sp³-hybridized carbons (Fsp3) is 0.524. The molecule has 1 aliphatic heterocycles. The molecule has 1 aromatic carbocycles. The Morgan fingerprint density at radius 2 is 1.90 bits per heavy atom. The molecule has 0 radical (unpaired) electrons. The van der Waals surface area contributed by atoms with Crippen molar-refractivity contribution in [1.82, 2.24) is 9.46 Å². The number of rotatable bonds is 6. The maximum Gasteiger partial charge on any atom is 0.338 e. The Labute approximate surface area is 177 Å². The van der Waals surface area contributed by atoms with E-state index in [1.807, 2.05) is 13.8 Å². The van der Waals surface area contributed by atoms with E-state index < -0.39 is 16.0 Å². The van der Waals surface area contributed by atoms with Gasteiger partial charge < -0.3 is 14.0 Å². The van der Waals surface area contributed by atoms with Crippen molar-refractivity contribution >= 4 is 16.0 Å². The van der Waals surface area contributed by atoms with Gasteiger partial charge in [0.05, 0.1) is 23.9 Å². The van der Waals surface area contributed by atoms with Gasteiger partial charge >= 0.3 is 5.97 Å². The zero-order chi connectivity index (χ0) is 22.1. The van der Waals surface area contributed by atoms with Crippen molar-refractivity contribution in [2.75, 3.05) is 20.2 Å². The van der Waals surface area contributed by atoms with Gasteiger partial charge in [-0.05, 0) is 50.3 Å². The number of esters is 1. The molecule has 2 aromatic rings. The van der Waals surface area contributed by atoms with Gasteiger partial charge in [-0.2, -0.15) is 4.31 Å². The number of benzene rings is 1. The highest BCUT2D eigenvalue weighted by molar-refractivity contribution is 7.89. The molecule has 30 heavy (non-hydrogen) atoms. The second kappa shape index (κ2) is 8.77. The predicted octanol–water partition coefficient (Wildman–Crippen LogP) is 3.32. The summed E-state index contributed by atoms with van der Waals surface area (Å²) in [5.41, 5.74) is 1.48. The Balaban J connectivity index is 1.87. The summed E-state index contributed by atoms with van der Waals surface area (Å²) in [6.07, 6.45) is 0.983. The van der Waals surface area contributed by atoms with E-state index in [-0.39, 0.29) is 34.7 Å². The van der Waals surface area contributed by atoms with Crippen LogP contribution in [0, 0.1) is 25.7 Å². The maximum atomic E-state index is 13.3. The molecule has 0 amide bonds. The molecule has 1 aliphatic rings. The summed E-state index contributed by atoms with van der Waals surface area (Å²) in [5, 5.41) is 3.83. The summed E-state index contributed by atoms with van der Waals surface area (Å²) in [6.45, 7) is 8.46. The first-order chi connectivity index (χ1) is 14.1. The van der Waals surface area contributed by atoms with Gasteiger partial charge in [0.2, 0.25) is 10.0 Å². The van der Waals surface area contributed by atoms with E-state index in [0.717, 1.165) is 6.42 Å². The topological polar surface area (TPSA) is 98.9 Å². The summed E-state index contributed by atoms with van der Waals surface area (Å²) >= 11 is 0. The summed E-state index contributed by atoms with van der Waals surface area (Å²) in [7, 11) is -2.41. The molecular weight excluding hydrogens is 408 g/mol. The van der Waals surface area contributed by atoms with Crippen LogP contribution in [0.15, 0.2) is 27.6 Å². The number of hydrogen-bond acceptors (Lipinski definition) is 7. The van der Waals surface area contributed by atoms with Gasteiger partial charge in [0.1, 0.15) is 23.0 Å². The monoisotopic (exact) mass is 436 g/mol. The highest BCUT2D eigenvalue weighted by atomic mass is 32.2. The Morgan fingerprint density at radius 1 is 1.23 bits per heavy atom. The molecule has 2 atom stereocenters. The second-order valence-electron chi connectivity index (χ2n) is 8.01. The molecule has 164 valence electrons. The molecule has 0 unspecified atom stereocenters. The van der Waals surface area contributed by atoms with Crippen LogP contribution in [0.3, 0.4) is 0 Å². The molecule has 1 fully saturated rings. The molecule has 0 spiro atoms. The van der Waals surface area contributed by atoms with Crippen molar-refractivity contribution in [2.45, 2.75) is 45.6 Å². The lowest BCUT2D eigenvalue weighted by molar-refractivity contribution is 0.0470. The first kappa shape index (κ1) is 22.3. The van der Waals surface area contributed by atoms with Crippen LogP contribution in [0.5, 0.6) is 5.75 Å². The Kier molecular flexibility index (Phi) is 6.52. The van der Waals surface area contributed by atoms with E-state index in [2.05, 4.69) is 5.16 Å². The summed E-state index contributed by atoms with van der Waals surface area (Å²) < 4.78 is 43.9. The highest BCUT2D eigenvalue weighted by Gasteiger charge is 2.34. The standard InChI is InChI=1S/C21H28N2O6S/c1-13-8-14(2)11-23(10-13)30(25,26)20-9-17(6-7-19(20)27-5)21(24)28-12-18-15(3)22-29-16(18)4/h6-7,9,13-14H,8,10-12H2,1-5H3/t13-,14-/m0/s1. The third-order valence-corrected chi connectivity index (χ3v) is 7.23. The van der Waals surface area contributed by atoms with Crippen LogP contribution in [-0.4, -0.2) is 44.0 Å². The molecule has 2 heterocycles. The number of aromatic nitrogens is 1. The van der Waals surface area contributed by atoms with Crippen LogP contribution in [-0.2, 0) is 21.4 Å². The van der Waals surface area contributed by atoms with Gasteiger partial charge in [-0.25, -0.2) is 13.2 Å². The number of carbonyl (C=O) groups excluding carboxylic acids is 1. The number of carbonyl (C=O) groups is 1. The average molecular weight is 437 g/mol. The number of sulfonamides is 1. The second-order valence-corrected chi connectivity index (χ2v) is 9.92. The van der Waals surface area contributed by atoms with Crippen molar-refractivity contribution in [1.29, 1.82) is 0 Å². The zero-order valence-electron chi connectivity index (χ0n) is 18.0. The van der Waals surface area contributed by atoms with Gasteiger partial charge in [-0.3, -0.25) is 0 Å². The third-order valence-electron chi connectivity index (χ3n) is 5.38.